The Kier molecular flexibility index (Phi) is 5.39. The molecule has 0 saturated carbocycles. The van der Waals surface area contributed by atoms with E-state index in [4.69, 9.17) is 9.84 Å². The number of halogens is 1. The topological polar surface area (TPSA) is 105 Å². The number of hydrogen-bond donors (Lipinski definition) is 2. The molecule has 9 nitrogen and oxygen atoms in total. The molecule has 0 radical (unpaired) electrons. The largest absolute Gasteiger partial charge is 0.474 e. The number of piperidine rings is 1. The van der Waals surface area contributed by atoms with Crippen LogP contribution >= 0.6 is 0 Å². The molecule has 0 atom stereocenters. The Bertz CT molecular complexity index is 1060. The van der Waals surface area contributed by atoms with Gasteiger partial charge in [-0.15, -0.1) is 0 Å². The fourth-order valence-corrected chi connectivity index (χ4v) is 3.52. The number of benzene rings is 1. The van der Waals surface area contributed by atoms with Crippen LogP contribution in [0.15, 0.2) is 30.7 Å². The second-order valence-corrected chi connectivity index (χ2v) is 7.52. The maximum atomic E-state index is 14.7. The first-order chi connectivity index (χ1) is 14.4. The van der Waals surface area contributed by atoms with Crippen molar-refractivity contribution in [2.45, 2.75) is 38.8 Å². The summed E-state index contributed by atoms with van der Waals surface area (Å²) >= 11 is 0. The molecule has 1 aromatic carbocycles. The second kappa shape index (κ2) is 8.13. The highest BCUT2D eigenvalue weighted by atomic mass is 19.1. The van der Waals surface area contributed by atoms with Gasteiger partial charge in [0.1, 0.15) is 23.5 Å². The number of likely N-dealkylation sites (tertiary alicyclic amines) is 1. The SMILES string of the molecule is CC(C)Nc1ccc(-n2ncc3c(OC4CCN(C(=O)O)CC4)ncnc32)c(F)c1. The van der Waals surface area contributed by atoms with Crippen LogP contribution in [0.5, 0.6) is 5.88 Å². The van der Waals surface area contributed by atoms with Gasteiger partial charge in [0.15, 0.2) is 11.5 Å². The quantitative estimate of drug-likeness (QED) is 0.660. The van der Waals surface area contributed by atoms with Crippen LogP contribution in [0, 0.1) is 5.82 Å². The average molecular weight is 414 g/mol. The predicted octanol–water partition coefficient (Wildman–Crippen LogP) is 3.30. The third-order valence-electron chi connectivity index (χ3n) is 4.95. The summed E-state index contributed by atoms with van der Waals surface area (Å²) < 4.78 is 22.2. The van der Waals surface area contributed by atoms with Crippen molar-refractivity contribution in [3.63, 3.8) is 0 Å². The first-order valence-electron chi connectivity index (χ1n) is 9.82. The van der Waals surface area contributed by atoms with Gasteiger partial charge in [-0.05, 0) is 32.0 Å². The summed E-state index contributed by atoms with van der Waals surface area (Å²) in [4.78, 5) is 20.9. The van der Waals surface area contributed by atoms with E-state index in [9.17, 15) is 9.18 Å². The number of ether oxygens (including phenoxy) is 1. The molecule has 2 aromatic heterocycles. The number of fused-ring (bicyclic) bond motifs is 1. The van der Waals surface area contributed by atoms with Gasteiger partial charge in [0.25, 0.3) is 0 Å². The summed E-state index contributed by atoms with van der Waals surface area (Å²) in [5, 5.41) is 17.1. The third kappa shape index (κ3) is 3.98. The minimum atomic E-state index is -0.921. The highest BCUT2D eigenvalue weighted by Gasteiger charge is 2.25. The van der Waals surface area contributed by atoms with Crippen molar-refractivity contribution in [3.05, 3.63) is 36.5 Å². The number of hydrogen-bond acceptors (Lipinski definition) is 6. The van der Waals surface area contributed by atoms with E-state index in [1.807, 2.05) is 13.8 Å². The molecule has 0 spiro atoms. The second-order valence-electron chi connectivity index (χ2n) is 7.52. The molecule has 1 saturated heterocycles. The van der Waals surface area contributed by atoms with Crippen LogP contribution in [0.3, 0.4) is 0 Å². The van der Waals surface area contributed by atoms with E-state index >= 15 is 0 Å². The van der Waals surface area contributed by atoms with E-state index in [0.717, 1.165) is 0 Å². The minimum absolute atomic E-state index is 0.153. The average Bonchev–Trinajstić information content (AvgIpc) is 3.13. The molecule has 10 heteroatoms. The molecular weight excluding hydrogens is 391 g/mol. The fourth-order valence-electron chi connectivity index (χ4n) is 3.52. The highest BCUT2D eigenvalue weighted by molar-refractivity contribution is 5.81. The van der Waals surface area contributed by atoms with Crippen LogP contribution in [0.1, 0.15) is 26.7 Å². The zero-order valence-electron chi connectivity index (χ0n) is 16.7. The van der Waals surface area contributed by atoms with E-state index in [1.54, 1.807) is 18.3 Å². The predicted molar refractivity (Wildman–Crippen MR) is 109 cm³/mol. The number of carboxylic acid groups (broad SMARTS) is 1. The summed E-state index contributed by atoms with van der Waals surface area (Å²) in [5.41, 5.74) is 1.40. The van der Waals surface area contributed by atoms with E-state index in [1.165, 1.54) is 22.0 Å². The summed E-state index contributed by atoms with van der Waals surface area (Å²) in [6.07, 6.45) is 2.98. The molecule has 3 heterocycles. The molecule has 1 amide bonds. The van der Waals surface area contributed by atoms with Crippen molar-refractivity contribution < 1.29 is 19.0 Å². The molecule has 30 heavy (non-hydrogen) atoms. The van der Waals surface area contributed by atoms with Gasteiger partial charge in [-0.3, -0.25) is 0 Å². The van der Waals surface area contributed by atoms with Crippen LogP contribution in [-0.4, -0.2) is 61.1 Å². The van der Waals surface area contributed by atoms with Crippen molar-refractivity contribution in [1.29, 1.82) is 0 Å². The number of amides is 1. The van der Waals surface area contributed by atoms with Gasteiger partial charge in [-0.2, -0.15) is 5.10 Å². The first kappa shape index (κ1) is 19.9. The molecule has 1 fully saturated rings. The molecule has 4 rings (SSSR count). The molecular formula is C20H23FN6O3. The van der Waals surface area contributed by atoms with Gasteiger partial charge in [0.2, 0.25) is 5.88 Å². The van der Waals surface area contributed by atoms with E-state index in [0.29, 0.717) is 48.5 Å². The number of carbonyl (C=O) groups is 1. The van der Waals surface area contributed by atoms with Crippen molar-refractivity contribution >= 4 is 22.8 Å². The maximum Gasteiger partial charge on any atom is 0.407 e. The Morgan fingerprint density at radius 1 is 1.30 bits per heavy atom. The van der Waals surface area contributed by atoms with Gasteiger partial charge < -0.3 is 20.1 Å². The molecule has 1 aliphatic heterocycles. The van der Waals surface area contributed by atoms with Gasteiger partial charge in [-0.1, -0.05) is 0 Å². The number of anilines is 1. The molecule has 0 bridgehead atoms. The van der Waals surface area contributed by atoms with E-state index in [-0.39, 0.29) is 17.8 Å². The Hall–Kier alpha value is -3.43. The lowest BCUT2D eigenvalue weighted by Crippen LogP contribution is -2.41. The van der Waals surface area contributed by atoms with E-state index in [2.05, 4.69) is 20.4 Å². The molecule has 0 aliphatic carbocycles. The lowest BCUT2D eigenvalue weighted by atomic mass is 10.1. The lowest BCUT2D eigenvalue weighted by molar-refractivity contribution is 0.0879. The van der Waals surface area contributed by atoms with Crippen molar-refractivity contribution in [2.75, 3.05) is 18.4 Å². The number of aromatic nitrogens is 4. The zero-order chi connectivity index (χ0) is 21.3. The zero-order valence-corrected chi connectivity index (χ0v) is 16.7. The van der Waals surface area contributed by atoms with Crippen molar-refractivity contribution in [3.8, 4) is 11.6 Å². The first-order valence-corrected chi connectivity index (χ1v) is 9.82. The monoisotopic (exact) mass is 414 g/mol. The molecule has 0 unspecified atom stereocenters. The maximum absolute atomic E-state index is 14.7. The number of rotatable bonds is 5. The van der Waals surface area contributed by atoms with Crippen LogP contribution < -0.4 is 10.1 Å². The van der Waals surface area contributed by atoms with Gasteiger partial charge in [0.05, 0.1) is 6.20 Å². The normalized spacial score (nSPS) is 15.0. The van der Waals surface area contributed by atoms with Crippen LogP contribution in [-0.2, 0) is 0 Å². The smallest absolute Gasteiger partial charge is 0.407 e. The van der Waals surface area contributed by atoms with Crippen molar-refractivity contribution in [2.24, 2.45) is 0 Å². The summed E-state index contributed by atoms with van der Waals surface area (Å²) in [5.74, 6) is -0.0636. The molecule has 2 N–H and O–H groups in total. The number of nitrogens with zero attached hydrogens (tertiary/aromatic N) is 5. The van der Waals surface area contributed by atoms with Crippen LogP contribution in [0.4, 0.5) is 14.9 Å². The van der Waals surface area contributed by atoms with E-state index < -0.39 is 11.9 Å². The minimum Gasteiger partial charge on any atom is -0.474 e. The van der Waals surface area contributed by atoms with Gasteiger partial charge >= 0.3 is 6.09 Å². The molecule has 158 valence electrons. The highest BCUT2D eigenvalue weighted by Crippen LogP contribution is 2.27. The van der Waals surface area contributed by atoms with Gasteiger partial charge in [0, 0.05) is 37.7 Å². The fraction of sp³-hybridized carbons (Fsp3) is 0.400. The summed E-state index contributed by atoms with van der Waals surface area (Å²) in [6.45, 7) is 4.79. The van der Waals surface area contributed by atoms with Crippen molar-refractivity contribution in [1.82, 2.24) is 24.6 Å². The number of nitrogens with one attached hydrogen (secondary N) is 1. The Balaban J connectivity index is 1.58. The Morgan fingerprint density at radius 3 is 2.73 bits per heavy atom. The molecule has 3 aromatic rings. The van der Waals surface area contributed by atoms with Crippen LogP contribution in [0.25, 0.3) is 16.7 Å². The van der Waals surface area contributed by atoms with Gasteiger partial charge in [-0.25, -0.2) is 23.8 Å². The summed E-state index contributed by atoms with van der Waals surface area (Å²) in [7, 11) is 0. The molecule has 1 aliphatic rings. The summed E-state index contributed by atoms with van der Waals surface area (Å²) in [6, 6.07) is 5.06. The van der Waals surface area contributed by atoms with Crippen LogP contribution in [0.2, 0.25) is 0 Å². The Morgan fingerprint density at radius 2 is 2.07 bits per heavy atom. The lowest BCUT2D eigenvalue weighted by Gasteiger charge is -2.29. The standard InChI is InChI=1S/C20H23FN6O3/c1-12(2)25-13-3-4-17(16(21)9-13)27-18-15(10-24-27)19(23-11-22-18)30-14-5-7-26(8-6-14)20(28)29/h3-4,9-12,14,25H,5-8H2,1-2H3,(H,28,29). The Labute approximate surface area is 172 Å². The third-order valence-corrected chi connectivity index (χ3v) is 4.95.